The number of hydrogen-bond donors (Lipinski definition) is 2. The first kappa shape index (κ1) is 14.4. The van der Waals surface area contributed by atoms with Crippen molar-refractivity contribution in [1.82, 2.24) is 10.3 Å². The van der Waals surface area contributed by atoms with Crippen LogP contribution < -0.4 is 15.5 Å². The van der Waals surface area contributed by atoms with E-state index < -0.39 is 0 Å². The zero-order chi connectivity index (χ0) is 13.5. The van der Waals surface area contributed by atoms with Crippen LogP contribution in [0.1, 0.15) is 20.3 Å². The molecule has 18 heavy (non-hydrogen) atoms. The summed E-state index contributed by atoms with van der Waals surface area (Å²) < 4.78 is 0. The highest BCUT2D eigenvalue weighted by molar-refractivity contribution is 5.95. The second-order valence-electron chi connectivity index (χ2n) is 4.53. The van der Waals surface area contributed by atoms with Crippen molar-refractivity contribution in [3.05, 3.63) is 18.5 Å². The maximum Gasteiger partial charge on any atom is 0.238 e. The van der Waals surface area contributed by atoms with Gasteiger partial charge in [0.05, 0.1) is 24.1 Å². The lowest BCUT2D eigenvalue weighted by molar-refractivity contribution is -0.115. The lowest BCUT2D eigenvalue weighted by Crippen LogP contribution is -2.34. The van der Waals surface area contributed by atoms with Crippen LogP contribution in [0, 0.1) is 0 Å². The molecule has 5 heteroatoms. The maximum atomic E-state index is 11.8. The van der Waals surface area contributed by atoms with Gasteiger partial charge in [-0.1, -0.05) is 6.92 Å². The van der Waals surface area contributed by atoms with E-state index in [1.165, 1.54) is 0 Å². The molecule has 1 amide bonds. The van der Waals surface area contributed by atoms with Gasteiger partial charge in [-0.3, -0.25) is 9.78 Å². The number of amides is 1. The third kappa shape index (κ3) is 4.33. The summed E-state index contributed by atoms with van der Waals surface area (Å²) in [5, 5.41) is 6.02. The fourth-order valence-corrected chi connectivity index (χ4v) is 1.48. The predicted molar refractivity (Wildman–Crippen MR) is 74.9 cm³/mol. The van der Waals surface area contributed by atoms with Gasteiger partial charge < -0.3 is 15.5 Å². The van der Waals surface area contributed by atoms with E-state index in [0.29, 0.717) is 12.6 Å². The number of aromatic nitrogens is 1. The molecule has 0 radical (unpaired) electrons. The van der Waals surface area contributed by atoms with Crippen molar-refractivity contribution in [3.8, 4) is 0 Å². The van der Waals surface area contributed by atoms with Gasteiger partial charge in [0.25, 0.3) is 0 Å². The highest BCUT2D eigenvalue weighted by atomic mass is 16.1. The first-order valence-electron chi connectivity index (χ1n) is 6.19. The number of anilines is 2. The third-order valence-corrected chi connectivity index (χ3v) is 2.78. The Bertz CT molecular complexity index is 392. The van der Waals surface area contributed by atoms with E-state index in [-0.39, 0.29) is 5.91 Å². The van der Waals surface area contributed by atoms with Crippen LogP contribution in [-0.2, 0) is 4.79 Å². The monoisotopic (exact) mass is 250 g/mol. The first-order valence-corrected chi connectivity index (χ1v) is 6.19. The van der Waals surface area contributed by atoms with Gasteiger partial charge in [-0.05, 0) is 19.4 Å². The molecule has 100 valence electrons. The van der Waals surface area contributed by atoms with Crippen molar-refractivity contribution < 1.29 is 4.79 Å². The third-order valence-electron chi connectivity index (χ3n) is 2.78. The zero-order valence-corrected chi connectivity index (χ0v) is 11.5. The Labute approximate surface area is 109 Å². The summed E-state index contributed by atoms with van der Waals surface area (Å²) in [4.78, 5) is 17.8. The van der Waals surface area contributed by atoms with Crippen LogP contribution >= 0.6 is 0 Å². The molecule has 5 nitrogen and oxygen atoms in total. The molecule has 1 atom stereocenters. The van der Waals surface area contributed by atoms with Crippen molar-refractivity contribution in [2.24, 2.45) is 0 Å². The van der Waals surface area contributed by atoms with Crippen molar-refractivity contribution in [2.45, 2.75) is 26.3 Å². The van der Waals surface area contributed by atoms with Crippen LogP contribution in [0.2, 0.25) is 0 Å². The molecular formula is C13H22N4O. The van der Waals surface area contributed by atoms with Crippen molar-refractivity contribution in [3.63, 3.8) is 0 Å². The number of carbonyl (C=O) groups is 1. The van der Waals surface area contributed by atoms with Gasteiger partial charge in [-0.15, -0.1) is 0 Å². The highest BCUT2D eigenvalue weighted by Crippen LogP contribution is 2.21. The molecule has 0 bridgehead atoms. The molecule has 0 aromatic carbocycles. The minimum Gasteiger partial charge on any atom is -0.376 e. The van der Waals surface area contributed by atoms with Gasteiger partial charge >= 0.3 is 0 Å². The number of pyridine rings is 1. The Morgan fingerprint density at radius 2 is 2.22 bits per heavy atom. The molecule has 1 heterocycles. The van der Waals surface area contributed by atoms with Crippen LogP contribution in [0.25, 0.3) is 0 Å². The summed E-state index contributed by atoms with van der Waals surface area (Å²) in [7, 11) is 3.87. The van der Waals surface area contributed by atoms with Gasteiger partial charge in [0.1, 0.15) is 0 Å². The fraction of sp³-hybridized carbons (Fsp3) is 0.538. The summed E-state index contributed by atoms with van der Waals surface area (Å²) in [5.74, 6) is -0.0496. The molecule has 2 N–H and O–H groups in total. The Morgan fingerprint density at radius 3 is 2.83 bits per heavy atom. The van der Waals surface area contributed by atoms with Crippen LogP contribution in [-0.4, -0.2) is 37.6 Å². The van der Waals surface area contributed by atoms with Crippen molar-refractivity contribution in [2.75, 3.05) is 30.9 Å². The number of nitrogens with zero attached hydrogens (tertiary/aromatic N) is 2. The lowest BCUT2D eigenvalue weighted by atomic mass is 10.2. The number of nitrogens with one attached hydrogen (secondary N) is 2. The normalized spacial score (nSPS) is 12.0. The smallest absolute Gasteiger partial charge is 0.238 e. The molecular weight excluding hydrogens is 228 g/mol. The molecule has 0 aliphatic rings. The second kappa shape index (κ2) is 6.96. The first-order chi connectivity index (χ1) is 8.54. The summed E-state index contributed by atoms with van der Waals surface area (Å²) in [5.41, 5.74) is 1.68. The summed E-state index contributed by atoms with van der Waals surface area (Å²) in [6.45, 7) is 4.46. The summed E-state index contributed by atoms with van der Waals surface area (Å²) >= 11 is 0. The number of hydrogen-bond acceptors (Lipinski definition) is 4. The van der Waals surface area contributed by atoms with Crippen molar-refractivity contribution in [1.29, 1.82) is 0 Å². The Hall–Kier alpha value is -1.62. The average molecular weight is 250 g/mol. The fourth-order valence-electron chi connectivity index (χ4n) is 1.48. The Balaban J connectivity index is 2.59. The largest absolute Gasteiger partial charge is 0.376 e. The highest BCUT2D eigenvalue weighted by Gasteiger charge is 2.09. The van der Waals surface area contributed by atoms with Crippen LogP contribution in [0.5, 0.6) is 0 Å². The average Bonchev–Trinajstić information content (AvgIpc) is 2.36. The van der Waals surface area contributed by atoms with Crippen LogP contribution in [0.3, 0.4) is 0 Å². The molecule has 1 rings (SSSR count). The van der Waals surface area contributed by atoms with E-state index in [1.807, 2.05) is 25.1 Å². The molecule has 0 aliphatic heterocycles. The zero-order valence-electron chi connectivity index (χ0n) is 11.5. The Morgan fingerprint density at radius 1 is 1.50 bits per heavy atom. The van der Waals surface area contributed by atoms with Gasteiger partial charge in [0, 0.05) is 26.3 Å². The minimum atomic E-state index is -0.0496. The molecule has 1 aromatic rings. The summed E-state index contributed by atoms with van der Waals surface area (Å²) in [6, 6.07) is 2.22. The number of rotatable bonds is 6. The van der Waals surface area contributed by atoms with E-state index in [4.69, 9.17) is 0 Å². The SMILES string of the molecule is CCC(C)NCC(=O)Nc1cnccc1N(C)C. The van der Waals surface area contributed by atoms with Gasteiger partial charge in [-0.2, -0.15) is 0 Å². The quantitative estimate of drug-likeness (QED) is 0.803. The summed E-state index contributed by atoms with van der Waals surface area (Å²) in [6.07, 6.45) is 4.38. The standard InChI is InChI=1S/C13H22N4O/c1-5-10(2)15-9-13(18)16-11-8-14-7-6-12(11)17(3)4/h6-8,10,15H,5,9H2,1-4H3,(H,16,18). The predicted octanol–water partition coefficient (Wildman–Crippen LogP) is 1.47. The van der Waals surface area contributed by atoms with E-state index >= 15 is 0 Å². The molecule has 0 aliphatic carbocycles. The van der Waals surface area contributed by atoms with E-state index in [9.17, 15) is 4.79 Å². The topological polar surface area (TPSA) is 57.3 Å². The minimum absolute atomic E-state index is 0.0496. The lowest BCUT2D eigenvalue weighted by Gasteiger charge is -2.17. The molecule has 0 fully saturated rings. The van der Waals surface area contributed by atoms with Crippen LogP contribution in [0.4, 0.5) is 11.4 Å². The van der Waals surface area contributed by atoms with E-state index in [2.05, 4.69) is 29.5 Å². The molecule has 0 saturated heterocycles. The number of carbonyl (C=O) groups excluding carboxylic acids is 1. The maximum absolute atomic E-state index is 11.8. The van der Waals surface area contributed by atoms with Gasteiger partial charge in [0.15, 0.2) is 0 Å². The van der Waals surface area contributed by atoms with Gasteiger partial charge in [-0.25, -0.2) is 0 Å². The van der Waals surface area contributed by atoms with E-state index in [0.717, 1.165) is 17.8 Å². The molecule has 1 aromatic heterocycles. The molecule has 0 spiro atoms. The van der Waals surface area contributed by atoms with E-state index in [1.54, 1.807) is 12.4 Å². The van der Waals surface area contributed by atoms with Crippen LogP contribution in [0.15, 0.2) is 18.5 Å². The second-order valence-corrected chi connectivity index (χ2v) is 4.53. The molecule has 0 saturated carbocycles. The molecule has 1 unspecified atom stereocenters. The van der Waals surface area contributed by atoms with Crippen molar-refractivity contribution >= 4 is 17.3 Å². The van der Waals surface area contributed by atoms with Gasteiger partial charge in [0.2, 0.25) is 5.91 Å². The Kier molecular flexibility index (Phi) is 5.58.